The van der Waals surface area contributed by atoms with E-state index in [-0.39, 0.29) is 18.6 Å². The minimum Gasteiger partial charge on any atom is -0.493 e. The lowest BCUT2D eigenvalue weighted by Crippen LogP contribution is -2.35. The van der Waals surface area contributed by atoms with Gasteiger partial charge in [-0.05, 0) is 25.0 Å². The molecule has 1 rings (SSSR count). The molecule has 0 aliphatic rings. The third-order valence-corrected chi connectivity index (χ3v) is 2.85. The van der Waals surface area contributed by atoms with Crippen molar-refractivity contribution in [3.63, 3.8) is 0 Å². The van der Waals surface area contributed by atoms with Crippen LogP contribution in [-0.2, 0) is 4.79 Å². The fourth-order valence-electron chi connectivity index (χ4n) is 1.65. The number of hydrogen-bond acceptors (Lipinski definition) is 3. The van der Waals surface area contributed by atoms with Crippen LogP contribution in [0.5, 0.6) is 5.75 Å². The molecule has 0 radical (unpaired) electrons. The third-order valence-electron chi connectivity index (χ3n) is 2.85. The van der Waals surface area contributed by atoms with Gasteiger partial charge < -0.3 is 15.2 Å². The molecule has 0 aliphatic carbocycles. The molecule has 1 atom stereocenters. The highest BCUT2D eigenvalue weighted by Gasteiger charge is 2.06. The number of aliphatic hydroxyl groups excluding tert-OH is 1. The molecule has 2 N–H and O–H groups in total. The van der Waals surface area contributed by atoms with E-state index in [4.69, 9.17) is 9.84 Å². The summed E-state index contributed by atoms with van der Waals surface area (Å²) in [6, 6.07) is 7.40. The standard InChI is InChI=1S/C16H23NO3/c1-3-11-20-15-8-6-5-7-13(15)9-10-16(19)17-14(4-2)12-18/h5-10,14,18H,3-4,11-12H2,1-2H3,(H,17,19)/b10-9+. The summed E-state index contributed by atoms with van der Waals surface area (Å²) < 4.78 is 5.62. The van der Waals surface area contributed by atoms with Crippen molar-refractivity contribution in [2.24, 2.45) is 0 Å². The average Bonchev–Trinajstić information content (AvgIpc) is 2.49. The van der Waals surface area contributed by atoms with Crippen LogP contribution in [0, 0.1) is 0 Å². The van der Waals surface area contributed by atoms with Crippen LogP contribution in [0.4, 0.5) is 0 Å². The maximum atomic E-state index is 11.7. The highest BCUT2D eigenvalue weighted by molar-refractivity contribution is 5.92. The molecule has 0 aromatic heterocycles. The first-order chi connectivity index (χ1) is 9.71. The summed E-state index contributed by atoms with van der Waals surface area (Å²) in [6.07, 6.45) is 4.83. The molecule has 0 aliphatic heterocycles. The Labute approximate surface area is 120 Å². The molecule has 0 saturated heterocycles. The summed E-state index contributed by atoms with van der Waals surface area (Å²) in [6.45, 7) is 4.57. The van der Waals surface area contributed by atoms with Crippen molar-refractivity contribution in [3.8, 4) is 5.75 Å². The second kappa shape index (κ2) is 9.15. The molecule has 4 heteroatoms. The molecule has 4 nitrogen and oxygen atoms in total. The summed E-state index contributed by atoms with van der Waals surface area (Å²) >= 11 is 0. The summed E-state index contributed by atoms with van der Waals surface area (Å²) in [5, 5.41) is 11.8. The van der Waals surface area contributed by atoms with Gasteiger partial charge in [0.15, 0.2) is 0 Å². The molecule has 0 fully saturated rings. The fourth-order valence-corrected chi connectivity index (χ4v) is 1.65. The van der Waals surface area contributed by atoms with Crippen molar-refractivity contribution in [2.45, 2.75) is 32.7 Å². The molecule has 1 unspecified atom stereocenters. The van der Waals surface area contributed by atoms with E-state index in [1.165, 1.54) is 6.08 Å². The van der Waals surface area contributed by atoms with Crippen molar-refractivity contribution in [1.29, 1.82) is 0 Å². The first-order valence-corrected chi connectivity index (χ1v) is 7.02. The maximum Gasteiger partial charge on any atom is 0.244 e. The number of carbonyl (C=O) groups is 1. The maximum absolute atomic E-state index is 11.7. The largest absolute Gasteiger partial charge is 0.493 e. The van der Waals surface area contributed by atoms with E-state index in [0.29, 0.717) is 13.0 Å². The number of rotatable bonds is 8. The van der Waals surface area contributed by atoms with Crippen LogP contribution in [0.3, 0.4) is 0 Å². The molecule has 1 aromatic rings. The van der Waals surface area contributed by atoms with Gasteiger partial charge in [-0.2, -0.15) is 0 Å². The molecular weight excluding hydrogens is 254 g/mol. The van der Waals surface area contributed by atoms with E-state index in [9.17, 15) is 4.79 Å². The second-order valence-electron chi connectivity index (χ2n) is 4.52. The van der Waals surface area contributed by atoms with Gasteiger partial charge in [-0.3, -0.25) is 4.79 Å². The molecule has 1 aromatic carbocycles. The predicted octanol–water partition coefficient (Wildman–Crippen LogP) is 2.38. The number of aliphatic hydroxyl groups is 1. The Morgan fingerprint density at radius 2 is 2.15 bits per heavy atom. The van der Waals surface area contributed by atoms with Crippen LogP contribution >= 0.6 is 0 Å². The Balaban J connectivity index is 2.67. The highest BCUT2D eigenvalue weighted by Crippen LogP contribution is 2.19. The zero-order chi connectivity index (χ0) is 14.8. The molecular formula is C16H23NO3. The highest BCUT2D eigenvalue weighted by atomic mass is 16.5. The molecule has 110 valence electrons. The number of hydrogen-bond donors (Lipinski definition) is 2. The summed E-state index contributed by atoms with van der Waals surface area (Å²) in [5.74, 6) is 0.559. The van der Waals surface area contributed by atoms with E-state index < -0.39 is 0 Å². The second-order valence-corrected chi connectivity index (χ2v) is 4.52. The predicted molar refractivity (Wildman–Crippen MR) is 80.6 cm³/mol. The average molecular weight is 277 g/mol. The molecule has 20 heavy (non-hydrogen) atoms. The Morgan fingerprint density at radius 3 is 2.80 bits per heavy atom. The van der Waals surface area contributed by atoms with E-state index >= 15 is 0 Å². The fraction of sp³-hybridized carbons (Fsp3) is 0.438. The monoisotopic (exact) mass is 277 g/mol. The van der Waals surface area contributed by atoms with E-state index in [1.54, 1.807) is 6.08 Å². The van der Waals surface area contributed by atoms with Gasteiger partial charge in [-0.1, -0.05) is 32.0 Å². The zero-order valence-corrected chi connectivity index (χ0v) is 12.1. The molecule has 1 amide bonds. The Hall–Kier alpha value is -1.81. The van der Waals surface area contributed by atoms with Crippen LogP contribution < -0.4 is 10.1 Å². The summed E-state index contributed by atoms with van der Waals surface area (Å²) in [7, 11) is 0. The van der Waals surface area contributed by atoms with Crippen molar-refractivity contribution in [2.75, 3.05) is 13.2 Å². The van der Waals surface area contributed by atoms with Crippen molar-refractivity contribution in [3.05, 3.63) is 35.9 Å². The number of ether oxygens (including phenoxy) is 1. The Morgan fingerprint density at radius 1 is 1.40 bits per heavy atom. The third kappa shape index (κ3) is 5.45. The number of carbonyl (C=O) groups excluding carboxylic acids is 1. The summed E-state index contributed by atoms with van der Waals surface area (Å²) in [5.41, 5.74) is 0.869. The van der Waals surface area contributed by atoms with Crippen LogP contribution in [0.15, 0.2) is 30.3 Å². The lowest BCUT2D eigenvalue weighted by Gasteiger charge is -2.12. The lowest BCUT2D eigenvalue weighted by molar-refractivity contribution is -0.117. The van der Waals surface area contributed by atoms with Crippen molar-refractivity contribution < 1.29 is 14.6 Å². The molecule has 0 saturated carbocycles. The quantitative estimate of drug-likeness (QED) is 0.717. The van der Waals surface area contributed by atoms with Gasteiger partial charge in [-0.15, -0.1) is 0 Å². The Kier molecular flexibility index (Phi) is 7.43. The molecule has 0 bridgehead atoms. The van der Waals surface area contributed by atoms with Gasteiger partial charge in [0.2, 0.25) is 5.91 Å². The SMILES string of the molecule is CCCOc1ccccc1/C=C/C(=O)NC(CC)CO. The number of para-hydroxylation sites is 1. The number of benzene rings is 1. The van der Waals surface area contributed by atoms with Gasteiger partial charge in [-0.25, -0.2) is 0 Å². The van der Waals surface area contributed by atoms with Gasteiger partial charge >= 0.3 is 0 Å². The van der Waals surface area contributed by atoms with E-state index in [0.717, 1.165) is 17.7 Å². The Bertz CT molecular complexity index is 439. The topological polar surface area (TPSA) is 58.6 Å². The lowest BCUT2D eigenvalue weighted by atomic mass is 10.2. The molecule has 0 spiro atoms. The summed E-state index contributed by atoms with van der Waals surface area (Å²) in [4.78, 5) is 11.7. The minimum atomic E-state index is -0.212. The van der Waals surface area contributed by atoms with Gasteiger partial charge in [0.25, 0.3) is 0 Å². The number of nitrogens with one attached hydrogen (secondary N) is 1. The zero-order valence-electron chi connectivity index (χ0n) is 12.1. The van der Waals surface area contributed by atoms with Crippen LogP contribution in [0.25, 0.3) is 6.08 Å². The normalized spacial score (nSPS) is 12.3. The van der Waals surface area contributed by atoms with Crippen LogP contribution in [0.1, 0.15) is 32.3 Å². The first kappa shape index (κ1) is 16.2. The van der Waals surface area contributed by atoms with Crippen molar-refractivity contribution >= 4 is 12.0 Å². The van der Waals surface area contributed by atoms with Crippen LogP contribution in [-0.4, -0.2) is 30.3 Å². The smallest absolute Gasteiger partial charge is 0.244 e. The van der Waals surface area contributed by atoms with E-state index in [1.807, 2.05) is 38.1 Å². The molecule has 0 heterocycles. The first-order valence-electron chi connectivity index (χ1n) is 7.02. The van der Waals surface area contributed by atoms with Gasteiger partial charge in [0, 0.05) is 11.6 Å². The van der Waals surface area contributed by atoms with Gasteiger partial charge in [0.05, 0.1) is 19.3 Å². The van der Waals surface area contributed by atoms with Crippen LogP contribution in [0.2, 0.25) is 0 Å². The number of amides is 1. The minimum absolute atomic E-state index is 0.0493. The van der Waals surface area contributed by atoms with Gasteiger partial charge in [0.1, 0.15) is 5.75 Å². The van der Waals surface area contributed by atoms with Crippen molar-refractivity contribution in [1.82, 2.24) is 5.32 Å². The van der Waals surface area contributed by atoms with E-state index in [2.05, 4.69) is 5.32 Å².